The van der Waals surface area contributed by atoms with Gasteiger partial charge in [0, 0.05) is 68.4 Å². The summed E-state index contributed by atoms with van der Waals surface area (Å²) in [6.45, 7) is 8.37. The van der Waals surface area contributed by atoms with Crippen LogP contribution in [0.3, 0.4) is 0 Å². The summed E-state index contributed by atoms with van der Waals surface area (Å²) in [5, 5.41) is 5.91. The second-order valence-electron chi connectivity index (χ2n) is 17.4. The minimum absolute atomic E-state index is 0.201. The normalized spacial score (nSPS) is 16.8. The Morgan fingerprint density at radius 1 is 0.743 bits per heavy atom. The van der Waals surface area contributed by atoms with E-state index in [0.717, 1.165) is 62.5 Å². The molecule has 16 nitrogen and oxygen atoms in total. The summed E-state index contributed by atoms with van der Waals surface area (Å²) in [5.74, 6) is 0.634. The molecule has 6 aromatic rings. The molecule has 9 rings (SSSR count). The quantitative estimate of drug-likeness (QED) is 0.0601. The van der Waals surface area contributed by atoms with Gasteiger partial charge in [-0.3, -0.25) is 39.4 Å². The number of benzene rings is 4. The van der Waals surface area contributed by atoms with Gasteiger partial charge in [-0.15, -0.1) is 0 Å². The smallest absolute Gasteiger partial charge is 0.416 e. The van der Waals surface area contributed by atoms with Crippen LogP contribution in [0, 0.1) is 0 Å². The lowest BCUT2D eigenvalue weighted by Crippen LogP contribution is -2.52. The van der Waals surface area contributed by atoms with Gasteiger partial charge in [0.1, 0.15) is 30.8 Å². The van der Waals surface area contributed by atoms with Gasteiger partial charge in [0.05, 0.1) is 48.7 Å². The minimum Gasteiger partial charge on any atom is -0.492 e. The van der Waals surface area contributed by atoms with Gasteiger partial charge in [-0.1, -0.05) is 35.9 Å². The molecular formula is C50H52ClF3N8O8. The number of fused-ring (bicyclic) bond motifs is 2. The van der Waals surface area contributed by atoms with Gasteiger partial charge in [0.25, 0.3) is 11.5 Å². The third-order valence-corrected chi connectivity index (χ3v) is 13.0. The maximum Gasteiger partial charge on any atom is 0.416 e. The Bertz CT molecular complexity index is 2880. The molecule has 0 bridgehead atoms. The SMILES string of the molecule is O=C1CCC(N2Cc3cc(OCCN4CCN(CCOCCOCCOc5ccc(CCc6c(-c7ccc(C(F)(F)F)cc7)[nH]n(-c7nc8ccc(Cl)cc8[nH]7)c6=O)cc5)CC4)ccc3C2=O)C(=O)N1. The molecule has 0 saturated carbocycles. The van der Waals surface area contributed by atoms with Crippen molar-refractivity contribution in [1.82, 2.24) is 39.8 Å². The molecule has 3 N–H and O–H groups in total. The first kappa shape index (κ1) is 48.5. The highest BCUT2D eigenvalue weighted by molar-refractivity contribution is 6.31. The first-order valence-corrected chi connectivity index (χ1v) is 23.6. The number of halogens is 4. The number of imide groups is 1. The Morgan fingerprint density at radius 3 is 2.16 bits per heavy atom. The highest BCUT2D eigenvalue weighted by atomic mass is 35.5. The molecule has 5 heterocycles. The van der Waals surface area contributed by atoms with Crippen molar-refractivity contribution in [2.24, 2.45) is 0 Å². The van der Waals surface area contributed by atoms with Crippen molar-refractivity contribution in [3.8, 4) is 28.7 Å². The van der Waals surface area contributed by atoms with Crippen molar-refractivity contribution in [2.45, 2.75) is 44.4 Å². The van der Waals surface area contributed by atoms with Crippen LogP contribution in [0.1, 0.15) is 45.5 Å². The van der Waals surface area contributed by atoms with E-state index in [-0.39, 0.29) is 29.7 Å². The lowest BCUT2D eigenvalue weighted by molar-refractivity contribution is -0.138. The topological polar surface area (TPSA) is 176 Å². The van der Waals surface area contributed by atoms with Crippen LogP contribution in [-0.4, -0.2) is 137 Å². The number of carbonyl (C=O) groups is 3. The molecule has 2 saturated heterocycles. The number of piperazine rings is 1. The Balaban J connectivity index is 0.645. The van der Waals surface area contributed by atoms with E-state index in [9.17, 15) is 32.3 Å². The molecule has 2 fully saturated rings. The molecule has 20 heteroatoms. The first-order valence-electron chi connectivity index (χ1n) is 23.3. The summed E-state index contributed by atoms with van der Waals surface area (Å²) in [7, 11) is 0. The van der Waals surface area contributed by atoms with Gasteiger partial charge < -0.3 is 28.8 Å². The number of carbonyl (C=O) groups excluding carboxylic acids is 3. The van der Waals surface area contributed by atoms with Crippen LogP contribution in [0.15, 0.2) is 89.7 Å². The Hall–Kier alpha value is -6.51. The van der Waals surface area contributed by atoms with Gasteiger partial charge in [-0.2, -0.15) is 17.9 Å². The van der Waals surface area contributed by atoms with Crippen molar-refractivity contribution >= 4 is 40.4 Å². The predicted octanol–water partition coefficient (Wildman–Crippen LogP) is 6.04. The number of alkyl halides is 3. The fourth-order valence-electron chi connectivity index (χ4n) is 8.92. The molecule has 3 aliphatic heterocycles. The highest BCUT2D eigenvalue weighted by Gasteiger charge is 2.39. The second kappa shape index (κ2) is 21.6. The van der Waals surface area contributed by atoms with E-state index >= 15 is 0 Å². The number of ether oxygens (including phenoxy) is 4. The summed E-state index contributed by atoms with van der Waals surface area (Å²) >= 11 is 6.15. The summed E-state index contributed by atoms with van der Waals surface area (Å²) < 4.78 is 64.8. The average molecular weight is 985 g/mol. The van der Waals surface area contributed by atoms with Gasteiger partial charge in [-0.05, 0) is 96.6 Å². The van der Waals surface area contributed by atoms with Crippen molar-refractivity contribution in [3.63, 3.8) is 0 Å². The lowest BCUT2D eigenvalue weighted by Gasteiger charge is -2.34. The number of piperidine rings is 1. The third-order valence-electron chi connectivity index (χ3n) is 12.8. The van der Waals surface area contributed by atoms with Crippen molar-refractivity contribution in [2.75, 3.05) is 78.9 Å². The van der Waals surface area contributed by atoms with E-state index in [1.165, 1.54) is 21.7 Å². The molecule has 3 aliphatic rings. The zero-order chi connectivity index (χ0) is 48.8. The van der Waals surface area contributed by atoms with E-state index < -0.39 is 23.7 Å². The Kier molecular flexibility index (Phi) is 15.0. The maximum absolute atomic E-state index is 13.9. The molecule has 368 valence electrons. The molecule has 1 atom stereocenters. The number of H-pyrrole nitrogens is 2. The maximum atomic E-state index is 13.9. The van der Waals surface area contributed by atoms with Crippen LogP contribution in [0.25, 0.3) is 28.2 Å². The molecule has 4 aromatic carbocycles. The zero-order valence-corrected chi connectivity index (χ0v) is 39.0. The van der Waals surface area contributed by atoms with Crippen LogP contribution in [0.5, 0.6) is 11.5 Å². The summed E-state index contributed by atoms with van der Waals surface area (Å²) in [5.41, 5.74) is 3.61. The van der Waals surface area contributed by atoms with Crippen LogP contribution in [-0.2, 0) is 44.6 Å². The number of aromatic nitrogens is 4. The van der Waals surface area contributed by atoms with E-state index in [1.54, 1.807) is 30.3 Å². The second-order valence-corrected chi connectivity index (χ2v) is 17.8. The molecule has 70 heavy (non-hydrogen) atoms. The van der Waals surface area contributed by atoms with Crippen molar-refractivity contribution in [1.29, 1.82) is 0 Å². The lowest BCUT2D eigenvalue weighted by atomic mass is 10.0. The molecule has 0 aliphatic carbocycles. The number of hydrogen-bond donors (Lipinski definition) is 3. The van der Waals surface area contributed by atoms with Gasteiger partial charge in [0.15, 0.2) is 0 Å². The molecule has 2 aromatic heterocycles. The monoisotopic (exact) mass is 984 g/mol. The largest absolute Gasteiger partial charge is 0.492 e. The van der Waals surface area contributed by atoms with E-state index in [0.29, 0.717) is 115 Å². The molecule has 0 spiro atoms. The van der Waals surface area contributed by atoms with Crippen LogP contribution in [0.4, 0.5) is 13.2 Å². The number of imidazole rings is 1. The molecular weight excluding hydrogens is 933 g/mol. The summed E-state index contributed by atoms with van der Waals surface area (Å²) in [4.78, 5) is 64.6. The number of aromatic amines is 2. The number of amides is 3. The van der Waals surface area contributed by atoms with Gasteiger partial charge in [0.2, 0.25) is 17.8 Å². The minimum atomic E-state index is -4.50. The van der Waals surface area contributed by atoms with E-state index in [1.807, 2.05) is 30.3 Å². The molecule has 1 unspecified atom stereocenters. The highest BCUT2D eigenvalue weighted by Crippen LogP contribution is 2.33. The number of nitrogens with one attached hydrogen (secondary N) is 3. The summed E-state index contributed by atoms with van der Waals surface area (Å²) in [6.07, 6.45) is -3.17. The zero-order valence-electron chi connectivity index (χ0n) is 38.2. The fraction of sp³-hybridized carbons (Fsp3) is 0.380. The Morgan fingerprint density at radius 2 is 1.43 bits per heavy atom. The van der Waals surface area contributed by atoms with E-state index in [2.05, 4.69) is 30.2 Å². The van der Waals surface area contributed by atoms with Crippen LogP contribution < -0.4 is 20.3 Å². The number of nitrogens with zero attached hydrogens (tertiary/aromatic N) is 5. The standard InChI is InChI=1S/C50H52ClF3N8O8/c51-36-8-14-41-42(30-36)56-49(55-41)62-48(66)40(45(58-62)33-4-6-35(7-5-33)50(52,53)54)12-3-32-1-9-37(10-2-32)70-28-27-68-26-25-67-23-21-59-17-19-60(20-18-59)22-24-69-38-11-13-39-34(29-38)31-61(47(39)65)43-15-16-44(63)57-46(43)64/h1-2,4-11,13-14,29-30,43,58H,3,12,15-28,31H2,(H,55,56)(H,57,63,64). The fourth-order valence-corrected chi connectivity index (χ4v) is 9.09. The number of hydrogen-bond acceptors (Lipinski definition) is 11. The average Bonchev–Trinajstić information content (AvgIpc) is 4.02. The van der Waals surface area contributed by atoms with Crippen molar-refractivity contribution < 1.29 is 46.5 Å². The summed E-state index contributed by atoms with van der Waals surface area (Å²) in [6, 6.07) is 22.1. The van der Waals surface area contributed by atoms with E-state index in [4.69, 9.17) is 30.5 Å². The third kappa shape index (κ3) is 11.6. The van der Waals surface area contributed by atoms with Crippen molar-refractivity contribution in [3.05, 3.63) is 128 Å². The number of aryl methyl sites for hydroxylation is 1. The Labute approximate surface area is 405 Å². The molecule has 0 radical (unpaired) electrons. The van der Waals surface area contributed by atoms with Gasteiger partial charge in [-0.25, -0.2) is 4.98 Å². The van der Waals surface area contributed by atoms with Crippen LogP contribution >= 0.6 is 11.6 Å². The first-order chi connectivity index (χ1) is 33.9. The number of rotatable bonds is 20. The predicted molar refractivity (Wildman–Crippen MR) is 253 cm³/mol. The van der Waals surface area contributed by atoms with Gasteiger partial charge >= 0.3 is 6.18 Å². The van der Waals surface area contributed by atoms with Crippen LogP contribution in [0.2, 0.25) is 5.02 Å². The molecule has 3 amide bonds.